The van der Waals surface area contributed by atoms with Crippen LogP contribution in [0.25, 0.3) is 11.4 Å². The zero-order valence-electron chi connectivity index (χ0n) is 16.2. The first-order valence-corrected chi connectivity index (χ1v) is 9.71. The monoisotopic (exact) mass is 445 g/mol. The first kappa shape index (κ1) is 21.7. The Kier molecular flexibility index (Phi) is 6.70. The van der Waals surface area contributed by atoms with Gasteiger partial charge in [0.25, 0.3) is 5.91 Å². The van der Waals surface area contributed by atoms with Gasteiger partial charge in [0, 0.05) is 21.7 Å². The van der Waals surface area contributed by atoms with Crippen molar-refractivity contribution in [2.45, 2.75) is 20.0 Å². The zero-order chi connectivity index (χ0) is 21.8. The number of carbonyl (C=O) groups excluding carboxylic acids is 1. The Balaban J connectivity index is 1.79. The van der Waals surface area contributed by atoms with Crippen LogP contribution >= 0.6 is 23.2 Å². The van der Waals surface area contributed by atoms with E-state index in [0.717, 1.165) is 0 Å². The second kappa shape index (κ2) is 9.24. The van der Waals surface area contributed by atoms with Crippen molar-refractivity contribution in [2.24, 2.45) is 0 Å². The summed E-state index contributed by atoms with van der Waals surface area (Å²) < 4.78 is 19.7. The minimum Gasteiger partial charge on any atom is -0.486 e. The highest BCUT2D eigenvalue weighted by atomic mass is 35.5. The number of carbonyl (C=O) groups is 1. The molecule has 0 spiro atoms. The van der Waals surface area contributed by atoms with Gasteiger partial charge in [-0.05, 0) is 38.1 Å². The van der Waals surface area contributed by atoms with Gasteiger partial charge in [-0.3, -0.25) is 4.79 Å². The Hall–Kier alpha value is -2.96. The molecule has 0 aliphatic carbocycles. The van der Waals surface area contributed by atoms with E-state index in [2.05, 4.69) is 21.9 Å². The van der Waals surface area contributed by atoms with E-state index in [1.165, 1.54) is 24.5 Å². The van der Waals surface area contributed by atoms with Gasteiger partial charge in [-0.15, -0.1) is 0 Å². The molecule has 1 unspecified atom stereocenters. The van der Waals surface area contributed by atoms with Crippen LogP contribution in [0.15, 0.2) is 60.9 Å². The van der Waals surface area contributed by atoms with Crippen LogP contribution in [-0.4, -0.2) is 15.9 Å². The molecule has 0 saturated carbocycles. The maximum absolute atomic E-state index is 13.8. The lowest BCUT2D eigenvalue weighted by Crippen LogP contribution is -2.12. The molecule has 8 heteroatoms. The van der Waals surface area contributed by atoms with Crippen LogP contribution in [0.4, 0.5) is 10.1 Å². The lowest BCUT2D eigenvalue weighted by Gasteiger charge is -2.18. The van der Waals surface area contributed by atoms with Crippen LogP contribution in [0.5, 0.6) is 5.75 Å². The lowest BCUT2D eigenvalue weighted by atomic mass is 10.1. The number of rotatable bonds is 6. The number of hydrogen-bond donors (Lipinski definition) is 1. The molecule has 1 heterocycles. The Morgan fingerprint density at radius 2 is 1.90 bits per heavy atom. The average Bonchev–Trinajstić information content (AvgIpc) is 2.71. The topological polar surface area (TPSA) is 64.1 Å². The summed E-state index contributed by atoms with van der Waals surface area (Å²) in [6, 6.07) is 9.76. The number of amides is 1. The van der Waals surface area contributed by atoms with Gasteiger partial charge < -0.3 is 10.1 Å². The van der Waals surface area contributed by atoms with Crippen LogP contribution < -0.4 is 10.1 Å². The fourth-order valence-electron chi connectivity index (χ4n) is 2.67. The van der Waals surface area contributed by atoms with E-state index in [0.29, 0.717) is 39.0 Å². The number of nitrogens with one attached hydrogen (secondary N) is 1. The number of aromatic nitrogens is 2. The number of hydrogen-bond acceptors (Lipinski definition) is 4. The van der Waals surface area contributed by atoms with Crippen molar-refractivity contribution in [3.63, 3.8) is 0 Å². The summed E-state index contributed by atoms with van der Waals surface area (Å²) in [7, 11) is 0. The second-order valence-electron chi connectivity index (χ2n) is 6.57. The van der Waals surface area contributed by atoms with Gasteiger partial charge in [0.05, 0.1) is 23.1 Å². The molecule has 0 radical (unpaired) electrons. The molecular weight excluding hydrogens is 428 g/mol. The molecule has 2 aromatic carbocycles. The van der Waals surface area contributed by atoms with Crippen LogP contribution in [-0.2, 0) is 4.79 Å². The maximum atomic E-state index is 13.8. The largest absolute Gasteiger partial charge is 0.486 e. The molecule has 3 rings (SSSR count). The van der Waals surface area contributed by atoms with Crippen molar-refractivity contribution < 1.29 is 13.9 Å². The molecule has 0 saturated heterocycles. The van der Waals surface area contributed by atoms with Crippen LogP contribution in [0, 0.1) is 5.82 Å². The van der Waals surface area contributed by atoms with E-state index < -0.39 is 11.9 Å². The summed E-state index contributed by atoms with van der Waals surface area (Å²) >= 11 is 12.2. The van der Waals surface area contributed by atoms with Crippen molar-refractivity contribution >= 4 is 34.8 Å². The molecule has 0 fully saturated rings. The number of halogens is 3. The first-order chi connectivity index (χ1) is 14.3. The first-order valence-electron chi connectivity index (χ1n) is 8.95. The molecule has 154 valence electrons. The highest BCUT2D eigenvalue weighted by Crippen LogP contribution is 2.35. The molecule has 0 bridgehead atoms. The van der Waals surface area contributed by atoms with Gasteiger partial charge in [-0.25, -0.2) is 14.4 Å². The van der Waals surface area contributed by atoms with E-state index >= 15 is 0 Å². The van der Waals surface area contributed by atoms with Gasteiger partial charge in [0.15, 0.2) is 5.82 Å². The van der Waals surface area contributed by atoms with Crippen molar-refractivity contribution in [3.8, 4) is 17.1 Å². The third-order valence-corrected chi connectivity index (χ3v) is 4.90. The zero-order valence-corrected chi connectivity index (χ0v) is 17.8. The normalized spacial score (nSPS) is 11.6. The van der Waals surface area contributed by atoms with Crippen molar-refractivity contribution in [3.05, 3.63) is 82.4 Å². The SMILES string of the molecule is C=C(C)C(=O)Nc1cnc(-c2cccc(OC(C)c3c(Cl)ccc(F)c3Cl)c2)nc1. The van der Waals surface area contributed by atoms with Crippen molar-refractivity contribution in [1.82, 2.24) is 9.97 Å². The van der Waals surface area contributed by atoms with Gasteiger partial charge in [0.1, 0.15) is 17.7 Å². The average molecular weight is 446 g/mol. The van der Waals surface area contributed by atoms with E-state index in [1.807, 2.05) is 6.07 Å². The van der Waals surface area contributed by atoms with E-state index in [4.69, 9.17) is 27.9 Å². The summed E-state index contributed by atoms with van der Waals surface area (Å²) in [6.45, 7) is 6.93. The third-order valence-electron chi connectivity index (χ3n) is 4.19. The fourth-order valence-corrected chi connectivity index (χ4v) is 3.34. The molecule has 1 amide bonds. The Bertz CT molecular complexity index is 1100. The lowest BCUT2D eigenvalue weighted by molar-refractivity contribution is -0.112. The highest BCUT2D eigenvalue weighted by Gasteiger charge is 2.19. The highest BCUT2D eigenvalue weighted by molar-refractivity contribution is 6.36. The van der Waals surface area contributed by atoms with E-state index in [9.17, 15) is 9.18 Å². The predicted octanol–water partition coefficient (Wildman–Crippen LogP) is 6.24. The molecule has 30 heavy (non-hydrogen) atoms. The van der Waals surface area contributed by atoms with E-state index in [1.54, 1.807) is 32.0 Å². The summed E-state index contributed by atoms with van der Waals surface area (Å²) in [5, 5.41) is 2.90. The quantitative estimate of drug-likeness (QED) is 0.360. The molecule has 1 atom stereocenters. The van der Waals surface area contributed by atoms with Gasteiger partial charge in [0.2, 0.25) is 0 Å². The summed E-state index contributed by atoms with van der Waals surface area (Å²) in [4.78, 5) is 20.2. The van der Waals surface area contributed by atoms with Crippen LogP contribution in [0.3, 0.4) is 0 Å². The smallest absolute Gasteiger partial charge is 0.250 e. The van der Waals surface area contributed by atoms with Gasteiger partial charge in [-0.2, -0.15) is 0 Å². The summed E-state index contributed by atoms with van der Waals surface area (Å²) in [6.07, 6.45) is 2.42. The standard InChI is InChI=1S/C22H18Cl2FN3O2/c1-12(2)22(29)28-15-10-26-21(27-11-15)14-5-4-6-16(9-14)30-13(3)19-17(23)7-8-18(25)20(19)24/h4-11,13H,1H2,2-3H3,(H,28,29). The number of ether oxygens (including phenoxy) is 1. The number of nitrogens with zero attached hydrogens (tertiary/aromatic N) is 2. The van der Waals surface area contributed by atoms with Crippen LogP contribution in [0.1, 0.15) is 25.5 Å². The summed E-state index contributed by atoms with van der Waals surface area (Å²) in [5.41, 5.74) is 1.92. The summed E-state index contributed by atoms with van der Waals surface area (Å²) in [5.74, 6) is 0.0980. The minimum absolute atomic E-state index is 0.0677. The van der Waals surface area contributed by atoms with Crippen molar-refractivity contribution in [1.29, 1.82) is 0 Å². The Morgan fingerprint density at radius 3 is 2.57 bits per heavy atom. The Labute approximate surface area is 183 Å². The number of benzene rings is 2. The predicted molar refractivity (Wildman–Crippen MR) is 116 cm³/mol. The molecule has 3 aromatic rings. The van der Waals surface area contributed by atoms with Crippen molar-refractivity contribution in [2.75, 3.05) is 5.32 Å². The number of anilines is 1. The van der Waals surface area contributed by atoms with Crippen LogP contribution in [0.2, 0.25) is 10.0 Å². The molecular formula is C22H18Cl2FN3O2. The molecule has 0 aliphatic rings. The maximum Gasteiger partial charge on any atom is 0.250 e. The molecule has 1 aromatic heterocycles. The van der Waals surface area contributed by atoms with E-state index in [-0.39, 0.29) is 10.9 Å². The van der Waals surface area contributed by atoms with Gasteiger partial charge >= 0.3 is 0 Å². The molecule has 1 N–H and O–H groups in total. The fraction of sp³-hybridized carbons (Fsp3) is 0.136. The third kappa shape index (κ3) is 4.96. The molecule has 5 nitrogen and oxygen atoms in total. The molecule has 0 aliphatic heterocycles. The Morgan fingerprint density at radius 1 is 1.20 bits per heavy atom. The second-order valence-corrected chi connectivity index (χ2v) is 7.36. The van der Waals surface area contributed by atoms with Gasteiger partial charge in [-0.1, -0.05) is 41.9 Å². The minimum atomic E-state index is -0.586.